The van der Waals surface area contributed by atoms with Crippen molar-refractivity contribution in [1.29, 1.82) is 0 Å². The third-order valence-corrected chi connectivity index (χ3v) is 9.37. The number of aromatic hydroxyl groups is 2. The van der Waals surface area contributed by atoms with Crippen LogP contribution in [0, 0.1) is 0 Å². The minimum atomic E-state index is -4.51. The molecule has 0 saturated carbocycles. The number of benzene rings is 6. The van der Waals surface area contributed by atoms with Gasteiger partial charge in [0.25, 0.3) is 32.1 Å². The third kappa shape index (κ3) is 7.92. The van der Waals surface area contributed by atoms with E-state index in [2.05, 4.69) is 21.3 Å². The number of anilines is 4. The maximum atomic E-state index is 13.2. The first-order valence-corrected chi connectivity index (χ1v) is 17.8. The first-order chi connectivity index (χ1) is 24.5. The monoisotopic (exact) mass is 742 g/mol. The van der Waals surface area contributed by atoms with E-state index in [1.165, 1.54) is 84.9 Å². The smallest absolute Gasteiger partial charge is 0.323 e. The topological polar surface area (TPSA) is 249 Å². The maximum absolute atomic E-state index is 13.2. The Balaban J connectivity index is 1.13. The zero-order chi connectivity index (χ0) is 37.4. The van der Waals surface area contributed by atoms with Crippen LogP contribution >= 0.6 is 0 Å². The fourth-order valence-corrected chi connectivity index (χ4v) is 6.38. The van der Waals surface area contributed by atoms with Crippen LogP contribution in [0.25, 0.3) is 21.5 Å². The summed E-state index contributed by atoms with van der Waals surface area (Å²) in [4.78, 5) is 38.4. The quantitative estimate of drug-likeness (QED) is 0.0834. The van der Waals surface area contributed by atoms with Crippen molar-refractivity contribution in [3.8, 4) is 11.5 Å². The number of carbonyl (C=O) groups excluding carboxylic acids is 3. The highest BCUT2D eigenvalue weighted by molar-refractivity contribution is 7.86. The molecule has 17 heteroatoms. The molecule has 0 aliphatic heterocycles. The van der Waals surface area contributed by atoms with Crippen LogP contribution in [0.4, 0.5) is 27.5 Å². The Morgan fingerprint density at radius 3 is 1.27 bits per heavy atom. The molecule has 0 fully saturated rings. The summed E-state index contributed by atoms with van der Waals surface area (Å²) in [6.07, 6.45) is 0. The minimum absolute atomic E-state index is 0.121. The van der Waals surface area contributed by atoms with Crippen LogP contribution in [0.5, 0.6) is 11.5 Å². The number of hydrogen-bond donors (Lipinski definition) is 8. The van der Waals surface area contributed by atoms with Crippen LogP contribution in [0.2, 0.25) is 0 Å². The Hall–Kier alpha value is -6.53. The average molecular weight is 743 g/mol. The zero-order valence-electron chi connectivity index (χ0n) is 26.4. The molecule has 0 bridgehead atoms. The fourth-order valence-electron chi connectivity index (χ4n) is 5.35. The van der Waals surface area contributed by atoms with Crippen molar-refractivity contribution in [2.75, 3.05) is 21.3 Å². The number of nitrogens with one attached hydrogen (secondary N) is 4. The molecule has 0 unspecified atom stereocenters. The number of urea groups is 1. The summed E-state index contributed by atoms with van der Waals surface area (Å²) >= 11 is 0. The number of phenols is 2. The van der Waals surface area contributed by atoms with E-state index in [0.29, 0.717) is 10.8 Å². The number of fused-ring (bicyclic) bond motifs is 2. The lowest BCUT2D eigenvalue weighted by Gasteiger charge is -2.13. The van der Waals surface area contributed by atoms with E-state index in [9.17, 15) is 50.5 Å². The first-order valence-electron chi connectivity index (χ1n) is 14.9. The lowest BCUT2D eigenvalue weighted by atomic mass is 10.1. The van der Waals surface area contributed by atoms with Crippen LogP contribution in [-0.4, -0.2) is 54.0 Å². The molecule has 0 aliphatic rings. The molecule has 0 aliphatic carbocycles. The van der Waals surface area contributed by atoms with E-state index in [-0.39, 0.29) is 56.1 Å². The Morgan fingerprint density at radius 1 is 0.481 bits per heavy atom. The highest BCUT2D eigenvalue weighted by atomic mass is 32.2. The van der Waals surface area contributed by atoms with Crippen molar-refractivity contribution in [3.05, 3.63) is 120 Å². The number of rotatable bonds is 8. The van der Waals surface area contributed by atoms with Gasteiger partial charge in [0, 0.05) is 45.4 Å². The van der Waals surface area contributed by atoms with E-state index >= 15 is 0 Å². The van der Waals surface area contributed by atoms with Gasteiger partial charge < -0.3 is 31.5 Å². The molecular weight excluding hydrogens is 717 g/mol. The van der Waals surface area contributed by atoms with E-state index in [4.69, 9.17) is 0 Å². The van der Waals surface area contributed by atoms with Gasteiger partial charge in [-0.25, -0.2) is 4.79 Å². The van der Waals surface area contributed by atoms with Crippen molar-refractivity contribution in [3.63, 3.8) is 0 Å². The number of phenolic OH excluding ortho intramolecular Hbond substituents is 2. The molecule has 0 radical (unpaired) electrons. The molecule has 0 aromatic heterocycles. The molecule has 6 aromatic rings. The summed E-state index contributed by atoms with van der Waals surface area (Å²) in [7, 11) is -9.01. The Kier molecular flexibility index (Phi) is 9.26. The number of hydrogen-bond acceptors (Lipinski definition) is 9. The minimum Gasteiger partial charge on any atom is -0.508 e. The number of carbonyl (C=O) groups is 3. The van der Waals surface area contributed by atoms with E-state index in [1.54, 1.807) is 0 Å². The zero-order valence-corrected chi connectivity index (χ0v) is 28.0. The molecule has 4 amide bonds. The molecule has 0 atom stereocenters. The Morgan fingerprint density at radius 2 is 0.885 bits per heavy atom. The Bertz CT molecular complexity index is 2500. The maximum Gasteiger partial charge on any atom is 0.323 e. The summed E-state index contributed by atoms with van der Waals surface area (Å²) in [6, 6.07) is 23.5. The van der Waals surface area contributed by atoms with Gasteiger partial charge in [-0.2, -0.15) is 16.8 Å². The second kappa shape index (κ2) is 13.6. The second-order valence-corrected chi connectivity index (χ2v) is 14.2. The van der Waals surface area contributed by atoms with Gasteiger partial charge in [-0.05, 0) is 83.6 Å². The van der Waals surface area contributed by atoms with Crippen LogP contribution in [0.3, 0.4) is 0 Å². The van der Waals surface area contributed by atoms with Gasteiger partial charge in [-0.15, -0.1) is 0 Å². The van der Waals surface area contributed by atoms with Gasteiger partial charge >= 0.3 is 6.03 Å². The summed E-state index contributed by atoms with van der Waals surface area (Å²) in [6.45, 7) is 0. The molecule has 8 N–H and O–H groups in total. The van der Waals surface area contributed by atoms with Gasteiger partial charge in [0.1, 0.15) is 11.5 Å². The molecule has 15 nitrogen and oxygen atoms in total. The van der Waals surface area contributed by atoms with Crippen molar-refractivity contribution >= 4 is 82.4 Å². The Labute approximate surface area is 295 Å². The van der Waals surface area contributed by atoms with Crippen LogP contribution < -0.4 is 21.3 Å². The summed E-state index contributed by atoms with van der Waals surface area (Å²) in [5.74, 6) is -1.78. The fraction of sp³-hybridized carbons (Fsp3) is 0. The highest BCUT2D eigenvalue weighted by Gasteiger charge is 2.17. The summed E-state index contributed by atoms with van der Waals surface area (Å²) in [5, 5.41) is 32.1. The molecule has 264 valence electrons. The predicted octanol–water partition coefficient (Wildman–Crippen LogP) is 6.05. The molecule has 52 heavy (non-hydrogen) atoms. The third-order valence-electron chi connectivity index (χ3n) is 7.67. The van der Waals surface area contributed by atoms with Crippen LogP contribution in [0.1, 0.15) is 20.7 Å². The average Bonchev–Trinajstić information content (AvgIpc) is 3.07. The van der Waals surface area contributed by atoms with Gasteiger partial charge in [-0.1, -0.05) is 24.3 Å². The molecule has 6 rings (SSSR count). The predicted molar refractivity (Wildman–Crippen MR) is 192 cm³/mol. The first kappa shape index (κ1) is 35.3. The summed E-state index contributed by atoms with van der Waals surface area (Å²) < 4.78 is 64.9. The molecule has 6 aromatic carbocycles. The van der Waals surface area contributed by atoms with E-state index < -0.39 is 47.9 Å². The van der Waals surface area contributed by atoms with Crippen LogP contribution in [-0.2, 0) is 20.2 Å². The molecule has 0 spiro atoms. The van der Waals surface area contributed by atoms with Crippen LogP contribution in [0.15, 0.2) is 119 Å². The van der Waals surface area contributed by atoms with E-state index in [1.807, 2.05) is 0 Å². The lowest BCUT2D eigenvalue weighted by molar-refractivity contribution is 0.101. The van der Waals surface area contributed by atoms with Crippen molar-refractivity contribution < 1.29 is 50.5 Å². The van der Waals surface area contributed by atoms with Gasteiger partial charge in [0.05, 0.1) is 21.2 Å². The lowest BCUT2D eigenvalue weighted by Crippen LogP contribution is -2.20. The molecular formula is C35H26N4O11S2. The SMILES string of the molecule is O=C(Nc1cccc(C(=O)Nc2cc(O)cc3cc(S(=O)(=O)O)ccc23)c1)Nc1cccc(C(=O)Nc2cc(O)cc3cc(S(=O)(=O)O)ccc23)c1. The largest absolute Gasteiger partial charge is 0.508 e. The van der Waals surface area contributed by atoms with E-state index in [0.717, 1.165) is 24.3 Å². The van der Waals surface area contributed by atoms with Crippen molar-refractivity contribution in [1.82, 2.24) is 0 Å². The molecule has 0 heterocycles. The van der Waals surface area contributed by atoms with Gasteiger partial charge in [-0.3, -0.25) is 18.7 Å². The second-order valence-electron chi connectivity index (χ2n) is 11.4. The highest BCUT2D eigenvalue weighted by Crippen LogP contribution is 2.33. The molecule has 0 saturated heterocycles. The summed E-state index contributed by atoms with van der Waals surface area (Å²) in [5.41, 5.74) is 1.01. The van der Waals surface area contributed by atoms with Crippen molar-refractivity contribution in [2.45, 2.75) is 9.79 Å². The normalized spacial score (nSPS) is 11.6. The standard InChI is InChI=1S/C35H26N4O11S2/c40-25-13-21-15-27(51(45,46)47)7-9-29(21)31(17-25)38-33(42)19-3-1-5-23(11-19)36-35(44)37-24-6-2-4-20(12-24)34(43)39-32-18-26(41)14-22-16-28(52(48,49)50)8-10-30(22)32/h1-18,40-41H,(H,38,42)(H,39,43)(H2,36,37,44)(H,45,46,47)(H,48,49,50). The van der Waals surface area contributed by atoms with Gasteiger partial charge in [0.15, 0.2) is 0 Å². The number of amides is 4. The van der Waals surface area contributed by atoms with Gasteiger partial charge in [0.2, 0.25) is 0 Å². The van der Waals surface area contributed by atoms with Crippen molar-refractivity contribution in [2.24, 2.45) is 0 Å².